The standard InChI is InChI=1S/C8H6F3N3S/c9-8(10,11)15-7-2-1-6(14-13)3-5(7)4-12/h1-3,14H,13H2. The maximum absolute atomic E-state index is 12.1. The maximum atomic E-state index is 12.1. The van der Waals surface area contributed by atoms with Gasteiger partial charge in [0, 0.05) is 10.6 Å². The Morgan fingerprint density at radius 3 is 2.53 bits per heavy atom. The molecule has 1 rings (SSSR count). The normalized spacial score (nSPS) is 10.9. The van der Waals surface area contributed by atoms with Crippen LogP contribution in [0.1, 0.15) is 5.56 Å². The molecular weight excluding hydrogens is 227 g/mol. The molecule has 0 aliphatic carbocycles. The summed E-state index contributed by atoms with van der Waals surface area (Å²) in [6, 6.07) is 5.50. The average molecular weight is 233 g/mol. The Bertz CT molecular complexity index is 397. The highest BCUT2D eigenvalue weighted by atomic mass is 32.2. The highest BCUT2D eigenvalue weighted by Crippen LogP contribution is 2.38. The van der Waals surface area contributed by atoms with Gasteiger partial charge in [-0.05, 0) is 30.0 Å². The van der Waals surface area contributed by atoms with Gasteiger partial charge in [-0.15, -0.1) is 0 Å². The SMILES string of the molecule is N#Cc1cc(NN)ccc1SC(F)(F)F. The van der Waals surface area contributed by atoms with Crippen LogP contribution < -0.4 is 11.3 Å². The van der Waals surface area contributed by atoms with Crippen molar-refractivity contribution in [1.29, 1.82) is 5.26 Å². The van der Waals surface area contributed by atoms with Gasteiger partial charge in [0.15, 0.2) is 0 Å². The molecule has 0 atom stereocenters. The van der Waals surface area contributed by atoms with Crippen molar-refractivity contribution in [3.05, 3.63) is 23.8 Å². The van der Waals surface area contributed by atoms with Gasteiger partial charge in [-0.1, -0.05) is 0 Å². The van der Waals surface area contributed by atoms with Crippen LogP contribution in [0, 0.1) is 11.3 Å². The minimum Gasteiger partial charge on any atom is -0.324 e. The number of thioether (sulfide) groups is 1. The van der Waals surface area contributed by atoms with Crippen LogP contribution >= 0.6 is 11.8 Å². The topological polar surface area (TPSA) is 61.8 Å². The van der Waals surface area contributed by atoms with Crippen LogP contribution in [0.25, 0.3) is 0 Å². The van der Waals surface area contributed by atoms with Crippen molar-refractivity contribution in [2.24, 2.45) is 5.84 Å². The van der Waals surface area contributed by atoms with E-state index in [1.807, 2.05) is 0 Å². The van der Waals surface area contributed by atoms with Crippen LogP contribution in [-0.4, -0.2) is 5.51 Å². The lowest BCUT2D eigenvalue weighted by Gasteiger charge is -2.08. The number of halogens is 3. The lowest BCUT2D eigenvalue weighted by molar-refractivity contribution is -0.0328. The molecule has 0 fully saturated rings. The van der Waals surface area contributed by atoms with Crippen molar-refractivity contribution in [2.75, 3.05) is 5.43 Å². The van der Waals surface area contributed by atoms with E-state index in [9.17, 15) is 13.2 Å². The second kappa shape index (κ2) is 4.42. The van der Waals surface area contributed by atoms with Gasteiger partial charge in [0.25, 0.3) is 0 Å². The van der Waals surface area contributed by atoms with E-state index in [4.69, 9.17) is 11.1 Å². The van der Waals surface area contributed by atoms with Crippen LogP contribution in [0.5, 0.6) is 0 Å². The molecule has 0 saturated carbocycles. The number of nitrogens with zero attached hydrogens (tertiary/aromatic N) is 1. The smallest absolute Gasteiger partial charge is 0.324 e. The molecule has 0 amide bonds. The fraction of sp³-hybridized carbons (Fsp3) is 0.125. The van der Waals surface area contributed by atoms with E-state index >= 15 is 0 Å². The third kappa shape index (κ3) is 3.34. The largest absolute Gasteiger partial charge is 0.446 e. The zero-order valence-electron chi connectivity index (χ0n) is 7.30. The zero-order chi connectivity index (χ0) is 11.5. The van der Waals surface area contributed by atoms with E-state index in [0.717, 1.165) is 0 Å². The summed E-state index contributed by atoms with van der Waals surface area (Å²) in [6.45, 7) is 0. The average Bonchev–Trinajstić information content (AvgIpc) is 2.16. The number of rotatable bonds is 2. The summed E-state index contributed by atoms with van der Waals surface area (Å²) in [5, 5.41) is 8.64. The van der Waals surface area contributed by atoms with Gasteiger partial charge in [0.05, 0.1) is 5.56 Å². The van der Waals surface area contributed by atoms with Gasteiger partial charge in [0.1, 0.15) is 6.07 Å². The Balaban J connectivity index is 3.04. The summed E-state index contributed by atoms with van der Waals surface area (Å²) in [6.07, 6.45) is 0. The summed E-state index contributed by atoms with van der Waals surface area (Å²) in [4.78, 5) is -0.135. The minimum atomic E-state index is -4.40. The molecule has 15 heavy (non-hydrogen) atoms. The van der Waals surface area contributed by atoms with Crippen LogP contribution in [0.15, 0.2) is 23.1 Å². The van der Waals surface area contributed by atoms with Crippen molar-refractivity contribution in [3.63, 3.8) is 0 Å². The monoisotopic (exact) mass is 233 g/mol. The molecule has 0 radical (unpaired) electrons. The zero-order valence-corrected chi connectivity index (χ0v) is 8.12. The second-order valence-electron chi connectivity index (χ2n) is 2.51. The number of nitrogens with one attached hydrogen (secondary N) is 1. The second-order valence-corrected chi connectivity index (χ2v) is 3.62. The fourth-order valence-corrected chi connectivity index (χ4v) is 1.52. The van der Waals surface area contributed by atoms with Crippen molar-refractivity contribution in [3.8, 4) is 6.07 Å². The Hall–Kier alpha value is -1.39. The number of hydrogen-bond acceptors (Lipinski definition) is 4. The van der Waals surface area contributed by atoms with E-state index in [1.54, 1.807) is 6.07 Å². The minimum absolute atomic E-state index is 0.0622. The lowest BCUT2D eigenvalue weighted by Crippen LogP contribution is -2.07. The van der Waals surface area contributed by atoms with Crippen LogP contribution in [0.4, 0.5) is 18.9 Å². The summed E-state index contributed by atoms with van der Waals surface area (Å²) < 4.78 is 36.2. The molecule has 0 aliphatic heterocycles. The van der Waals surface area contributed by atoms with E-state index in [-0.39, 0.29) is 22.2 Å². The molecule has 0 bridgehead atoms. The van der Waals surface area contributed by atoms with E-state index in [0.29, 0.717) is 5.69 Å². The van der Waals surface area contributed by atoms with Gasteiger partial charge in [-0.25, -0.2) is 0 Å². The fourth-order valence-electron chi connectivity index (χ4n) is 0.921. The predicted octanol–water partition coefficient (Wildman–Crippen LogP) is 2.46. The number of hydrazine groups is 1. The van der Waals surface area contributed by atoms with Crippen molar-refractivity contribution < 1.29 is 13.2 Å². The maximum Gasteiger partial charge on any atom is 0.446 e. The number of nitrogen functional groups attached to an aromatic ring is 1. The molecule has 0 saturated heterocycles. The first-order chi connectivity index (χ1) is 6.96. The molecule has 1 aromatic rings. The molecule has 0 spiro atoms. The molecule has 3 N–H and O–H groups in total. The molecule has 1 aromatic carbocycles. The van der Waals surface area contributed by atoms with Crippen molar-refractivity contribution in [1.82, 2.24) is 0 Å². The highest BCUT2D eigenvalue weighted by Gasteiger charge is 2.30. The van der Waals surface area contributed by atoms with Crippen molar-refractivity contribution >= 4 is 17.4 Å². The lowest BCUT2D eigenvalue weighted by atomic mass is 10.2. The molecule has 0 aromatic heterocycles. The number of anilines is 1. The Morgan fingerprint density at radius 1 is 1.40 bits per heavy atom. The first kappa shape index (κ1) is 11.7. The van der Waals surface area contributed by atoms with Gasteiger partial charge >= 0.3 is 5.51 Å². The number of hydrogen-bond donors (Lipinski definition) is 2. The number of benzene rings is 1. The molecule has 80 valence electrons. The molecule has 0 aliphatic rings. The third-order valence-electron chi connectivity index (χ3n) is 1.49. The van der Waals surface area contributed by atoms with E-state index < -0.39 is 5.51 Å². The summed E-state index contributed by atoms with van der Waals surface area (Å²) in [5.41, 5.74) is -1.82. The van der Waals surface area contributed by atoms with E-state index in [2.05, 4.69) is 5.43 Å². The Kier molecular flexibility index (Phi) is 3.44. The molecular formula is C8H6F3N3S. The van der Waals surface area contributed by atoms with Gasteiger partial charge in [-0.3, -0.25) is 5.84 Å². The molecule has 7 heteroatoms. The molecule has 3 nitrogen and oxygen atoms in total. The van der Waals surface area contributed by atoms with Crippen LogP contribution in [-0.2, 0) is 0 Å². The Labute approximate surface area is 88.0 Å². The van der Waals surface area contributed by atoms with Gasteiger partial charge < -0.3 is 5.43 Å². The highest BCUT2D eigenvalue weighted by molar-refractivity contribution is 8.00. The first-order valence-corrected chi connectivity index (χ1v) is 4.54. The van der Waals surface area contributed by atoms with Gasteiger partial charge in [0.2, 0.25) is 0 Å². The van der Waals surface area contributed by atoms with E-state index in [1.165, 1.54) is 18.2 Å². The molecule has 0 unspecified atom stereocenters. The number of nitrogens with two attached hydrogens (primary N) is 1. The number of alkyl halides is 3. The van der Waals surface area contributed by atoms with Crippen molar-refractivity contribution in [2.45, 2.75) is 10.4 Å². The first-order valence-electron chi connectivity index (χ1n) is 3.73. The summed E-state index contributed by atoms with van der Waals surface area (Å²) in [7, 11) is 0. The third-order valence-corrected chi connectivity index (χ3v) is 2.30. The van der Waals surface area contributed by atoms with Gasteiger partial charge in [-0.2, -0.15) is 18.4 Å². The van der Waals surface area contributed by atoms with Crippen LogP contribution in [0.3, 0.4) is 0 Å². The predicted molar refractivity (Wildman–Crippen MR) is 50.9 cm³/mol. The quantitative estimate of drug-likeness (QED) is 0.468. The summed E-state index contributed by atoms with van der Waals surface area (Å²) in [5.74, 6) is 5.06. The van der Waals surface area contributed by atoms with Crippen LogP contribution in [0.2, 0.25) is 0 Å². The number of nitriles is 1. The Morgan fingerprint density at radius 2 is 2.07 bits per heavy atom. The summed E-state index contributed by atoms with van der Waals surface area (Å²) >= 11 is -0.320. The molecule has 0 heterocycles.